The highest BCUT2D eigenvalue weighted by molar-refractivity contribution is 9.10. The van der Waals surface area contributed by atoms with Crippen molar-refractivity contribution < 1.29 is 9.53 Å². The highest BCUT2D eigenvalue weighted by atomic mass is 79.9. The van der Waals surface area contributed by atoms with Crippen LogP contribution in [0.4, 0.5) is 0 Å². The molecule has 6 nitrogen and oxygen atoms in total. The molecule has 7 heteroatoms. The molecule has 0 aliphatic rings. The number of carbonyl (C=O) groups is 1. The molecule has 2 heterocycles. The Bertz CT molecular complexity index is 954. The standard InChI is InChI=1S/C18H14BrN3O3/c1-25-18(24)13-7-8-14(20-9-13)11-22-16(12-5-3-2-4-6-12)21-10-15(19)17(22)23/h2-10H,11H2,1H3. The summed E-state index contributed by atoms with van der Waals surface area (Å²) in [6.45, 7) is 0.233. The van der Waals surface area contributed by atoms with Gasteiger partial charge in [-0.15, -0.1) is 0 Å². The van der Waals surface area contributed by atoms with Crippen LogP contribution in [0.5, 0.6) is 0 Å². The lowest BCUT2D eigenvalue weighted by Gasteiger charge is -2.12. The summed E-state index contributed by atoms with van der Waals surface area (Å²) < 4.78 is 6.57. The third-order valence-electron chi connectivity index (χ3n) is 3.60. The smallest absolute Gasteiger partial charge is 0.339 e. The average Bonchev–Trinajstić information content (AvgIpc) is 2.66. The van der Waals surface area contributed by atoms with Gasteiger partial charge in [0.2, 0.25) is 0 Å². The number of benzene rings is 1. The molecule has 1 aromatic carbocycles. The molecule has 0 atom stereocenters. The van der Waals surface area contributed by atoms with E-state index in [2.05, 4.69) is 30.6 Å². The number of nitrogens with zero attached hydrogens (tertiary/aromatic N) is 3. The van der Waals surface area contributed by atoms with Crippen LogP contribution in [0.2, 0.25) is 0 Å². The Morgan fingerprint density at radius 3 is 2.52 bits per heavy atom. The first kappa shape index (κ1) is 17.0. The van der Waals surface area contributed by atoms with E-state index in [4.69, 9.17) is 0 Å². The van der Waals surface area contributed by atoms with Gasteiger partial charge in [0, 0.05) is 18.0 Å². The quantitative estimate of drug-likeness (QED) is 0.630. The van der Waals surface area contributed by atoms with Gasteiger partial charge in [0.1, 0.15) is 10.3 Å². The van der Waals surface area contributed by atoms with Gasteiger partial charge in [0.15, 0.2) is 0 Å². The fourth-order valence-corrected chi connectivity index (χ4v) is 2.67. The minimum absolute atomic E-state index is 0.201. The van der Waals surface area contributed by atoms with Crippen molar-refractivity contribution in [3.63, 3.8) is 0 Å². The van der Waals surface area contributed by atoms with Gasteiger partial charge >= 0.3 is 5.97 Å². The van der Waals surface area contributed by atoms with E-state index in [-0.39, 0.29) is 12.1 Å². The molecular weight excluding hydrogens is 386 g/mol. The van der Waals surface area contributed by atoms with Crippen molar-refractivity contribution in [2.75, 3.05) is 7.11 Å². The number of methoxy groups -OCH3 is 1. The summed E-state index contributed by atoms with van der Waals surface area (Å²) in [4.78, 5) is 32.7. The maximum Gasteiger partial charge on any atom is 0.339 e. The molecular formula is C18H14BrN3O3. The van der Waals surface area contributed by atoms with Crippen LogP contribution in [0.25, 0.3) is 11.4 Å². The lowest BCUT2D eigenvalue weighted by Crippen LogP contribution is -2.24. The number of aromatic nitrogens is 3. The summed E-state index contributed by atoms with van der Waals surface area (Å²) in [6.07, 6.45) is 2.93. The van der Waals surface area contributed by atoms with E-state index >= 15 is 0 Å². The average molecular weight is 400 g/mol. The van der Waals surface area contributed by atoms with Crippen LogP contribution in [0.15, 0.2) is 64.1 Å². The Morgan fingerprint density at radius 1 is 1.12 bits per heavy atom. The monoisotopic (exact) mass is 399 g/mol. The molecule has 0 amide bonds. The zero-order valence-electron chi connectivity index (χ0n) is 13.3. The molecule has 0 radical (unpaired) electrons. The Labute approximate surface area is 152 Å². The van der Waals surface area contributed by atoms with E-state index in [0.717, 1.165) is 5.56 Å². The van der Waals surface area contributed by atoms with Gasteiger partial charge in [0.05, 0.1) is 24.9 Å². The number of esters is 1. The second-order valence-corrected chi connectivity index (χ2v) is 6.07. The minimum Gasteiger partial charge on any atom is -0.465 e. The van der Waals surface area contributed by atoms with Crippen molar-refractivity contribution in [2.45, 2.75) is 6.54 Å². The number of pyridine rings is 1. The van der Waals surface area contributed by atoms with Crippen LogP contribution in [0.3, 0.4) is 0 Å². The zero-order valence-corrected chi connectivity index (χ0v) is 14.9. The molecule has 0 aliphatic heterocycles. The molecule has 0 saturated carbocycles. The number of carbonyl (C=O) groups excluding carboxylic acids is 1. The number of halogens is 1. The molecule has 126 valence electrons. The molecule has 0 spiro atoms. The highest BCUT2D eigenvalue weighted by Gasteiger charge is 2.12. The Hall–Kier alpha value is -2.80. The molecule has 2 aromatic heterocycles. The first-order valence-corrected chi connectivity index (χ1v) is 8.23. The van der Waals surface area contributed by atoms with Gasteiger partial charge in [-0.3, -0.25) is 14.3 Å². The number of ether oxygens (including phenoxy) is 1. The summed E-state index contributed by atoms with van der Waals surface area (Å²) in [7, 11) is 1.31. The van der Waals surface area contributed by atoms with Gasteiger partial charge in [0.25, 0.3) is 5.56 Å². The topological polar surface area (TPSA) is 74.1 Å². The molecule has 0 saturated heterocycles. The number of hydrogen-bond donors (Lipinski definition) is 0. The van der Waals surface area contributed by atoms with E-state index < -0.39 is 5.97 Å². The maximum atomic E-state index is 12.6. The van der Waals surface area contributed by atoms with Crippen LogP contribution in [0.1, 0.15) is 16.1 Å². The lowest BCUT2D eigenvalue weighted by atomic mass is 10.2. The van der Waals surface area contributed by atoms with Crippen molar-refractivity contribution in [3.8, 4) is 11.4 Å². The van der Waals surface area contributed by atoms with Gasteiger partial charge in [-0.25, -0.2) is 9.78 Å². The van der Waals surface area contributed by atoms with Crippen LogP contribution in [-0.4, -0.2) is 27.6 Å². The van der Waals surface area contributed by atoms with Crippen LogP contribution < -0.4 is 5.56 Å². The van der Waals surface area contributed by atoms with E-state index in [9.17, 15) is 9.59 Å². The predicted molar refractivity (Wildman–Crippen MR) is 96.3 cm³/mol. The second kappa shape index (κ2) is 7.40. The van der Waals surface area contributed by atoms with Gasteiger partial charge in [-0.2, -0.15) is 0 Å². The summed E-state index contributed by atoms with van der Waals surface area (Å²) in [5.74, 6) is 0.0953. The summed E-state index contributed by atoms with van der Waals surface area (Å²) in [5.41, 5.74) is 1.62. The first-order chi connectivity index (χ1) is 12.1. The summed E-state index contributed by atoms with van der Waals surface area (Å²) >= 11 is 3.23. The molecule has 0 N–H and O–H groups in total. The van der Waals surface area contributed by atoms with E-state index in [1.165, 1.54) is 19.5 Å². The minimum atomic E-state index is -0.453. The SMILES string of the molecule is COC(=O)c1ccc(Cn2c(-c3ccccc3)ncc(Br)c2=O)nc1. The summed E-state index contributed by atoms with van der Waals surface area (Å²) in [5, 5.41) is 0. The van der Waals surface area contributed by atoms with Crippen LogP contribution in [-0.2, 0) is 11.3 Å². The lowest BCUT2D eigenvalue weighted by molar-refractivity contribution is 0.0600. The molecule has 3 rings (SSSR count). The van der Waals surface area contributed by atoms with E-state index in [1.807, 2.05) is 30.3 Å². The van der Waals surface area contributed by atoms with Crippen molar-refractivity contribution in [1.29, 1.82) is 0 Å². The fraction of sp³-hybridized carbons (Fsp3) is 0.111. The second-order valence-electron chi connectivity index (χ2n) is 5.22. The Balaban J connectivity index is 2.01. The third-order valence-corrected chi connectivity index (χ3v) is 4.15. The number of hydrogen-bond acceptors (Lipinski definition) is 5. The van der Waals surface area contributed by atoms with Crippen LogP contribution >= 0.6 is 15.9 Å². The van der Waals surface area contributed by atoms with Crippen molar-refractivity contribution >= 4 is 21.9 Å². The van der Waals surface area contributed by atoms with Gasteiger partial charge in [-0.1, -0.05) is 30.3 Å². The Morgan fingerprint density at radius 2 is 1.88 bits per heavy atom. The largest absolute Gasteiger partial charge is 0.465 e. The normalized spacial score (nSPS) is 10.5. The van der Waals surface area contributed by atoms with E-state index in [0.29, 0.717) is 21.6 Å². The number of rotatable bonds is 4. The molecule has 25 heavy (non-hydrogen) atoms. The first-order valence-electron chi connectivity index (χ1n) is 7.44. The van der Waals surface area contributed by atoms with E-state index in [1.54, 1.807) is 16.7 Å². The van der Waals surface area contributed by atoms with Crippen molar-refractivity contribution in [1.82, 2.24) is 14.5 Å². The van der Waals surface area contributed by atoms with Crippen molar-refractivity contribution in [3.05, 3.63) is 80.9 Å². The highest BCUT2D eigenvalue weighted by Crippen LogP contribution is 2.17. The molecule has 0 aliphatic carbocycles. The third kappa shape index (κ3) is 3.66. The molecule has 0 fully saturated rings. The predicted octanol–water partition coefficient (Wildman–Crippen LogP) is 2.90. The summed E-state index contributed by atoms with van der Waals surface area (Å²) in [6, 6.07) is 12.8. The molecule has 0 unspecified atom stereocenters. The van der Waals surface area contributed by atoms with Gasteiger partial charge < -0.3 is 4.74 Å². The maximum absolute atomic E-state index is 12.6. The molecule has 0 bridgehead atoms. The van der Waals surface area contributed by atoms with Gasteiger partial charge in [-0.05, 0) is 28.1 Å². The zero-order chi connectivity index (χ0) is 17.8. The fourth-order valence-electron chi connectivity index (χ4n) is 2.35. The van der Waals surface area contributed by atoms with Crippen molar-refractivity contribution in [2.24, 2.45) is 0 Å². The van der Waals surface area contributed by atoms with Crippen LogP contribution in [0, 0.1) is 0 Å². The Kier molecular flexibility index (Phi) is 5.04. The molecule has 3 aromatic rings.